The summed E-state index contributed by atoms with van der Waals surface area (Å²) in [5.74, 6) is -0.00848. The molecule has 1 saturated heterocycles. The van der Waals surface area contributed by atoms with Crippen molar-refractivity contribution in [2.24, 2.45) is 0 Å². The maximum Gasteiger partial charge on any atom is 0.417 e. The van der Waals surface area contributed by atoms with Crippen LogP contribution in [0.4, 0.5) is 13.2 Å². The van der Waals surface area contributed by atoms with Crippen molar-refractivity contribution in [2.45, 2.75) is 18.6 Å². The number of halogens is 3. The van der Waals surface area contributed by atoms with Crippen LogP contribution in [0, 0.1) is 0 Å². The number of benzene rings is 1. The fourth-order valence-corrected chi connectivity index (χ4v) is 5.22. The molecule has 1 aromatic carbocycles. The number of carbonyl (C=O) groups excluding carboxylic acids is 1. The highest BCUT2D eigenvalue weighted by atomic mass is 32.2. The highest BCUT2D eigenvalue weighted by Crippen LogP contribution is 2.30. The van der Waals surface area contributed by atoms with Gasteiger partial charge in [0.2, 0.25) is 5.88 Å². The van der Waals surface area contributed by atoms with Crippen LogP contribution in [0.5, 0.6) is 11.6 Å². The fraction of sp³-hybridized carbons (Fsp3) is 0.286. The van der Waals surface area contributed by atoms with Gasteiger partial charge in [0.1, 0.15) is 11.4 Å². The van der Waals surface area contributed by atoms with Crippen molar-refractivity contribution in [3.8, 4) is 11.6 Å². The van der Waals surface area contributed by atoms with Crippen LogP contribution in [0.1, 0.15) is 22.5 Å². The maximum atomic E-state index is 12.7. The van der Waals surface area contributed by atoms with Gasteiger partial charge in [-0.15, -0.1) is 0 Å². The Bertz CT molecular complexity index is 1280. The first-order chi connectivity index (χ1) is 15.0. The van der Waals surface area contributed by atoms with Gasteiger partial charge < -0.3 is 9.64 Å². The van der Waals surface area contributed by atoms with Crippen molar-refractivity contribution in [1.29, 1.82) is 0 Å². The van der Waals surface area contributed by atoms with Gasteiger partial charge in [-0.05, 0) is 36.8 Å². The third-order valence-corrected chi connectivity index (χ3v) is 6.99. The lowest BCUT2D eigenvalue weighted by Crippen LogP contribution is -2.38. The number of nitrogens with zero attached hydrogens (tertiary/aromatic N) is 3. The molecule has 168 valence electrons. The monoisotopic (exact) mass is 465 g/mol. The Labute approximate surface area is 181 Å². The van der Waals surface area contributed by atoms with Crippen LogP contribution in [0.15, 0.2) is 48.7 Å². The van der Waals surface area contributed by atoms with Crippen molar-refractivity contribution in [1.82, 2.24) is 14.9 Å². The number of ether oxygens (including phenoxy) is 1. The number of amides is 1. The number of sulfone groups is 1. The molecule has 2 aromatic heterocycles. The molecule has 0 spiro atoms. The number of hydrogen-bond donors (Lipinski definition) is 0. The molecular weight excluding hydrogens is 447 g/mol. The van der Waals surface area contributed by atoms with Gasteiger partial charge in [-0.3, -0.25) is 4.79 Å². The summed E-state index contributed by atoms with van der Waals surface area (Å²) in [5, 5.41) is 0.650. The second-order valence-corrected chi connectivity index (χ2v) is 9.74. The summed E-state index contributed by atoms with van der Waals surface area (Å²) >= 11 is 0. The minimum Gasteiger partial charge on any atom is -0.439 e. The number of carbonyl (C=O) groups is 1. The van der Waals surface area contributed by atoms with Crippen LogP contribution in [0.2, 0.25) is 0 Å². The molecule has 0 saturated carbocycles. The van der Waals surface area contributed by atoms with Gasteiger partial charge in [0.15, 0.2) is 9.84 Å². The highest BCUT2D eigenvalue weighted by Gasteiger charge is 2.33. The van der Waals surface area contributed by atoms with Gasteiger partial charge in [0.25, 0.3) is 5.91 Å². The van der Waals surface area contributed by atoms with E-state index in [4.69, 9.17) is 4.74 Å². The van der Waals surface area contributed by atoms with E-state index in [0.717, 1.165) is 12.1 Å². The van der Waals surface area contributed by atoms with E-state index in [1.54, 1.807) is 31.3 Å². The Kier molecular flexibility index (Phi) is 5.53. The van der Waals surface area contributed by atoms with Gasteiger partial charge >= 0.3 is 6.18 Å². The summed E-state index contributed by atoms with van der Waals surface area (Å²) in [6, 6.07) is 9.65. The standard InChI is InChI=1S/C21H18F3N3O4S/c1-27(15-8-9-32(29,30)12-15)20(28)18-5-2-13-10-16(4-6-17(13)26-18)31-19-7-3-14(11-25-19)21(22,23)24/h2-7,10-11,15H,8-9,12H2,1H3. The van der Waals surface area contributed by atoms with Crippen LogP contribution >= 0.6 is 0 Å². The normalized spacial score (nSPS) is 17.9. The largest absolute Gasteiger partial charge is 0.439 e. The topological polar surface area (TPSA) is 89.5 Å². The first kappa shape index (κ1) is 22.0. The molecule has 0 radical (unpaired) electrons. The second kappa shape index (κ2) is 8.05. The molecule has 7 nitrogen and oxygen atoms in total. The molecule has 3 aromatic rings. The van der Waals surface area contributed by atoms with E-state index in [1.165, 1.54) is 11.0 Å². The maximum absolute atomic E-state index is 12.7. The second-order valence-electron chi connectivity index (χ2n) is 7.51. The molecule has 1 fully saturated rings. The summed E-state index contributed by atoms with van der Waals surface area (Å²) in [5.41, 5.74) is -0.177. The molecule has 1 aliphatic heterocycles. The van der Waals surface area contributed by atoms with E-state index in [9.17, 15) is 26.4 Å². The average Bonchev–Trinajstić information content (AvgIpc) is 3.11. The van der Waals surface area contributed by atoms with Gasteiger partial charge in [-0.1, -0.05) is 6.07 Å². The Hall–Kier alpha value is -3.21. The molecule has 3 heterocycles. The lowest BCUT2D eigenvalue weighted by molar-refractivity contribution is -0.137. The third kappa shape index (κ3) is 4.67. The van der Waals surface area contributed by atoms with Crippen LogP contribution in [-0.2, 0) is 16.0 Å². The van der Waals surface area contributed by atoms with E-state index < -0.39 is 21.6 Å². The molecular formula is C21H18F3N3O4S. The van der Waals surface area contributed by atoms with Crippen molar-refractivity contribution >= 4 is 26.6 Å². The number of fused-ring (bicyclic) bond motifs is 1. The summed E-state index contributed by atoms with van der Waals surface area (Å²) < 4.78 is 66.8. The van der Waals surface area contributed by atoms with Gasteiger partial charge in [0.05, 0.1) is 22.6 Å². The summed E-state index contributed by atoms with van der Waals surface area (Å²) in [7, 11) is -1.56. The number of alkyl halides is 3. The Balaban J connectivity index is 1.50. The fourth-order valence-electron chi connectivity index (χ4n) is 3.44. The number of hydrogen-bond acceptors (Lipinski definition) is 6. The average molecular weight is 465 g/mol. The van der Waals surface area contributed by atoms with Crippen LogP contribution in [-0.4, -0.2) is 53.8 Å². The molecule has 11 heteroatoms. The quantitative estimate of drug-likeness (QED) is 0.584. The zero-order valence-corrected chi connectivity index (χ0v) is 17.7. The van der Waals surface area contributed by atoms with E-state index in [-0.39, 0.29) is 35.0 Å². The third-order valence-electron chi connectivity index (χ3n) is 5.24. The number of pyridine rings is 2. The Morgan fingerprint density at radius 1 is 1.16 bits per heavy atom. The molecule has 4 rings (SSSR count). The molecule has 0 bridgehead atoms. The van der Waals surface area contributed by atoms with Crippen molar-refractivity contribution in [2.75, 3.05) is 18.6 Å². The first-order valence-electron chi connectivity index (χ1n) is 9.61. The van der Waals surface area contributed by atoms with Crippen LogP contribution in [0.25, 0.3) is 10.9 Å². The van der Waals surface area contributed by atoms with Gasteiger partial charge in [0, 0.05) is 30.7 Å². The first-order valence-corrected chi connectivity index (χ1v) is 11.4. The molecule has 32 heavy (non-hydrogen) atoms. The minimum absolute atomic E-state index is 0.00486. The Morgan fingerprint density at radius 3 is 2.56 bits per heavy atom. The summed E-state index contributed by atoms with van der Waals surface area (Å²) in [6.07, 6.45) is -3.38. The molecule has 1 unspecified atom stereocenters. The Morgan fingerprint density at radius 2 is 1.94 bits per heavy atom. The lowest BCUT2D eigenvalue weighted by Gasteiger charge is -2.23. The number of rotatable bonds is 4. The number of aromatic nitrogens is 2. The molecule has 1 atom stereocenters. The highest BCUT2D eigenvalue weighted by molar-refractivity contribution is 7.91. The molecule has 1 amide bonds. The van der Waals surface area contributed by atoms with Crippen LogP contribution < -0.4 is 4.74 Å². The van der Waals surface area contributed by atoms with E-state index in [0.29, 0.717) is 29.3 Å². The van der Waals surface area contributed by atoms with E-state index >= 15 is 0 Å². The smallest absolute Gasteiger partial charge is 0.417 e. The predicted molar refractivity (Wildman–Crippen MR) is 110 cm³/mol. The summed E-state index contributed by atoms with van der Waals surface area (Å²) in [6.45, 7) is 0. The van der Waals surface area contributed by atoms with E-state index in [1.807, 2.05) is 0 Å². The molecule has 1 aliphatic rings. The lowest BCUT2D eigenvalue weighted by atomic mass is 10.1. The van der Waals surface area contributed by atoms with Crippen molar-refractivity contribution in [3.05, 3.63) is 59.9 Å². The molecule has 0 N–H and O–H groups in total. The van der Waals surface area contributed by atoms with Crippen molar-refractivity contribution in [3.63, 3.8) is 0 Å². The zero-order chi connectivity index (χ0) is 23.1. The van der Waals surface area contributed by atoms with Crippen molar-refractivity contribution < 1.29 is 31.1 Å². The predicted octanol–water partition coefficient (Wildman–Crippen LogP) is 3.70. The van der Waals surface area contributed by atoms with Crippen LogP contribution in [0.3, 0.4) is 0 Å². The van der Waals surface area contributed by atoms with Gasteiger partial charge in [-0.2, -0.15) is 13.2 Å². The summed E-state index contributed by atoms with van der Waals surface area (Å²) in [4.78, 5) is 22.2. The van der Waals surface area contributed by atoms with E-state index in [2.05, 4.69) is 9.97 Å². The molecule has 0 aliphatic carbocycles. The SMILES string of the molecule is CN(C(=O)c1ccc2cc(Oc3ccc(C(F)(F)F)cn3)ccc2n1)C1CCS(=O)(=O)C1. The van der Waals surface area contributed by atoms with Gasteiger partial charge in [-0.25, -0.2) is 18.4 Å². The zero-order valence-electron chi connectivity index (χ0n) is 16.8. The minimum atomic E-state index is -4.48.